The Morgan fingerprint density at radius 1 is 1.03 bits per heavy atom. The van der Waals surface area contributed by atoms with Gasteiger partial charge in [0.15, 0.2) is 0 Å². The number of carbonyl (C=O) groups excluding carboxylic acids is 1. The fourth-order valence-electron chi connectivity index (χ4n) is 2.66. The minimum absolute atomic E-state index is 0.226. The molecule has 3 rings (SSSR count). The molecule has 0 aliphatic heterocycles. The molecular formula is C21H21N7O. The van der Waals surface area contributed by atoms with Crippen LogP contribution < -0.4 is 16.0 Å². The molecule has 1 amide bonds. The number of nitrogens with one attached hydrogen (secondary N) is 3. The molecule has 0 fully saturated rings. The van der Waals surface area contributed by atoms with Gasteiger partial charge < -0.3 is 16.0 Å². The minimum atomic E-state index is -0.226. The lowest BCUT2D eigenvalue weighted by atomic mass is 10.1. The lowest BCUT2D eigenvalue weighted by Gasteiger charge is -2.11. The van der Waals surface area contributed by atoms with Gasteiger partial charge in [-0.15, -0.1) is 0 Å². The van der Waals surface area contributed by atoms with Crippen molar-refractivity contribution >= 4 is 23.4 Å². The van der Waals surface area contributed by atoms with Crippen molar-refractivity contribution in [2.24, 2.45) is 0 Å². The average Bonchev–Trinajstić information content (AvgIpc) is 2.70. The van der Waals surface area contributed by atoms with Crippen molar-refractivity contribution < 1.29 is 4.79 Å². The van der Waals surface area contributed by atoms with E-state index >= 15 is 0 Å². The molecule has 0 aliphatic carbocycles. The van der Waals surface area contributed by atoms with E-state index in [1.807, 2.05) is 32.0 Å². The molecule has 29 heavy (non-hydrogen) atoms. The van der Waals surface area contributed by atoms with Crippen LogP contribution in [0.25, 0.3) is 0 Å². The van der Waals surface area contributed by atoms with Crippen molar-refractivity contribution in [3.8, 4) is 6.07 Å². The molecule has 3 aromatic rings. The molecule has 0 radical (unpaired) electrons. The first-order valence-corrected chi connectivity index (χ1v) is 9.11. The van der Waals surface area contributed by atoms with Crippen molar-refractivity contribution in [3.05, 3.63) is 71.2 Å². The van der Waals surface area contributed by atoms with E-state index in [9.17, 15) is 4.79 Å². The fourth-order valence-corrected chi connectivity index (χ4v) is 2.66. The molecule has 0 atom stereocenters. The Kier molecular flexibility index (Phi) is 6.32. The number of pyridine rings is 1. The first kappa shape index (κ1) is 19.8. The number of rotatable bonds is 7. The van der Waals surface area contributed by atoms with Crippen molar-refractivity contribution in [2.75, 3.05) is 23.7 Å². The zero-order valence-electron chi connectivity index (χ0n) is 16.2. The van der Waals surface area contributed by atoms with Crippen LogP contribution in [-0.4, -0.2) is 33.9 Å². The summed E-state index contributed by atoms with van der Waals surface area (Å²) in [6.07, 6.45) is 1.74. The smallest absolute Gasteiger partial charge is 0.251 e. The van der Waals surface area contributed by atoms with Crippen LogP contribution in [-0.2, 0) is 0 Å². The highest BCUT2D eigenvalue weighted by Gasteiger charge is 2.06. The molecule has 1 aromatic carbocycles. The molecule has 8 heteroatoms. The number of nitrogens with zero attached hydrogens (tertiary/aromatic N) is 4. The molecule has 0 aliphatic rings. The first-order valence-electron chi connectivity index (χ1n) is 9.11. The number of hydrogen-bond donors (Lipinski definition) is 3. The van der Waals surface area contributed by atoms with Gasteiger partial charge >= 0.3 is 0 Å². The van der Waals surface area contributed by atoms with E-state index in [0.717, 1.165) is 5.56 Å². The Morgan fingerprint density at radius 2 is 1.86 bits per heavy atom. The summed E-state index contributed by atoms with van der Waals surface area (Å²) in [4.78, 5) is 25.2. The number of aromatic nitrogens is 3. The van der Waals surface area contributed by atoms with E-state index in [1.54, 1.807) is 36.5 Å². The minimum Gasteiger partial charge on any atom is -0.368 e. The van der Waals surface area contributed by atoms with Gasteiger partial charge in [0.2, 0.25) is 0 Å². The maximum Gasteiger partial charge on any atom is 0.251 e. The zero-order chi connectivity index (χ0) is 20.6. The third kappa shape index (κ3) is 5.74. The topological polar surface area (TPSA) is 116 Å². The van der Waals surface area contributed by atoms with E-state index in [2.05, 4.69) is 30.9 Å². The second-order valence-corrected chi connectivity index (χ2v) is 6.40. The lowest BCUT2D eigenvalue weighted by molar-refractivity contribution is 0.0955. The van der Waals surface area contributed by atoms with E-state index < -0.39 is 0 Å². The van der Waals surface area contributed by atoms with Crippen molar-refractivity contribution in [3.63, 3.8) is 0 Å². The Balaban J connectivity index is 1.54. The maximum atomic E-state index is 12.2. The fraction of sp³-hybridized carbons (Fsp3) is 0.190. The van der Waals surface area contributed by atoms with E-state index in [4.69, 9.17) is 5.26 Å². The SMILES string of the molecule is Cc1ccnc(Nc2cc(NCCNC(=O)c3cccc(C#N)c3)nc(C)n2)c1. The number of amides is 1. The summed E-state index contributed by atoms with van der Waals surface area (Å²) in [7, 11) is 0. The number of carbonyl (C=O) groups is 1. The van der Waals surface area contributed by atoms with Crippen LogP contribution >= 0.6 is 0 Å². The molecule has 3 N–H and O–H groups in total. The Morgan fingerprint density at radius 3 is 2.66 bits per heavy atom. The molecule has 146 valence electrons. The highest BCUT2D eigenvalue weighted by molar-refractivity contribution is 5.94. The molecular weight excluding hydrogens is 366 g/mol. The molecule has 8 nitrogen and oxygen atoms in total. The van der Waals surface area contributed by atoms with Crippen molar-refractivity contribution in [2.45, 2.75) is 13.8 Å². The standard InChI is InChI=1S/C21H21N7O/c1-14-6-7-23-18(10-14)28-20-12-19(26-15(2)27-20)24-8-9-25-21(29)17-5-3-4-16(11-17)13-22/h3-7,10-12H,8-9H2,1-2H3,(H,25,29)(H2,23,24,26,27,28). The van der Waals surface area contributed by atoms with Crippen LogP contribution in [0.3, 0.4) is 0 Å². The largest absolute Gasteiger partial charge is 0.368 e. The number of hydrogen-bond acceptors (Lipinski definition) is 7. The average molecular weight is 387 g/mol. The second kappa shape index (κ2) is 9.28. The van der Waals surface area contributed by atoms with Gasteiger partial charge in [-0.25, -0.2) is 15.0 Å². The predicted molar refractivity (Wildman–Crippen MR) is 111 cm³/mol. The Labute approximate surface area is 169 Å². The summed E-state index contributed by atoms with van der Waals surface area (Å²) in [6, 6.07) is 14.3. The van der Waals surface area contributed by atoms with Gasteiger partial charge in [-0.1, -0.05) is 6.07 Å². The quantitative estimate of drug-likeness (QED) is 0.534. The lowest BCUT2D eigenvalue weighted by Crippen LogP contribution is -2.29. The Hall–Kier alpha value is -3.99. The summed E-state index contributed by atoms with van der Waals surface area (Å²) in [5.74, 6) is 2.38. The van der Waals surface area contributed by atoms with Crippen LogP contribution in [0.15, 0.2) is 48.7 Å². The van der Waals surface area contributed by atoms with Gasteiger partial charge in [0.1, 0.15) is 23.3 Å². The predicted octanol–water partition coefficient (Wildman–Crippen LogP) is 2.95. The maximum absolute atomic E-state index is 12.2. The number of benzene rings is 1. The van der Waals surface area contributed by atoms with Crippen LogP contribution in [0.4, 0.5) is 17.5 Å². The van der Waals surface area contributed by atoms with E-state index in [1.165, 1.54) is 0 Å². The molecule has 0 spiro atoms. The van der Waals surface area contributed by atoms with Crippen LogP contribution in [0.1, 0.15) is 27.3 Å². The normalized spacial score (nSPS) is 10.1. The van der Waals surface area contributed by atoms with Crippen LogP contribution in [0, 0.1) is 25.2 Å². The summed E-state index contributed by atoms with van der Waals surface area (Å²) in [5, 5.41) is 18.1. The summed E-state index contributed by atoms with van der Waals surface area (Å²) >= 11 is 0. The van der Waals surface area contributed by atoms with Crippen LogP contribution in [0.5, 0.6) is 0 Å². The molecule has 0 saturated carbocycles. The van der Waals surface area contributed by atoms with Gasteiger partial charge in [-0.2, -0.15) is 5.26 Å². The van der Waals surface area contributed by atoms with E-state index in [-0.39, 0.29) is 5.91 Å². The monoisotopic (exact) mass is 387 g/mol. The summed E-state index contributed by atoms with van der Waals surface area (Å²) in [6.45, 7) is 4.70. The molecule has 0 unspecified atom stereocenters. The summed E-state index contributed by atoms with van der Waals surface area (Å²) < 4.78 is 0. The molecule has 2 aromatic heterocycles. The van der Waals surface area contributed by atoms with Crippen molar-refractivity contribution in [1.82, 2.24) is 20.3 Å². The molecule has 0 bridgehead atoms. The highest BCUT2D eigenvalue weighted by atomic mass is 16.1. The van der Waals surface area contributed by atoms with Gasteiger partial charge in [-0.05, 0) is 49.7 Å². The first-order chi connectivity index (χ1) is 14.0. The van der Waals surface area contributed by atoms with Gasteiger partial charge in [0.25, 0.3) is 5.91 Å². The number of aryl methyl sites for hydroxylation is 2. The summed E-state index contributed by atoms with van der Waals surface area (Å²) in [5.41, 5.74) is 2.01. The molecule has 0 saturated heterocycles. The van der Waals surface area contributed by atoms with Crippen LogP contribution in [0.2, 0.25) is 0 Å². The number of nitriles is 1. The Bertz CT molecular complexity index is 1060. The van der Waals surface area contributed by atoms with Gasteiger partial charge in [-0.3, -0.25) is 4.79 Å². The van der Waals surface area contributed by atoms with E-state index in [0.29, 0.717) is 47.5 Å². The van der Waals surface area contributed by atoms with Gasteiger partial charge in [0.05, 0.1) is 11.6 Å². The highest BCUT2D eigenvalue weighted by Crippen LogP contribution is 2.16. The van der Waals surface area contributed by atoms with Crippen molar-refractivity contribution in [1.29, 1.82) is 5.26 Å². The molecule has 2 heterocycles. The zero-order valence-corrected chi connectivity index (χ0v) is 16.2. The van der Waals surface area contributed by atoms with Gasteiger partial charge in [0, 0.05) is 30.9 Å². The third-order valence-corrected chi connectivity index (χ3v) is 3.98. The third-order valence-electron chi connectivity index (χ3n) is 3.98. The number of anilines is 3. The second-order valence-electron chi connectivity index (χ2n) is 6.40.